The summed E-state index contributed by atoms with van der Waals surface area (Å²) in [4.78, 5) is 32.0. The lowest BCUT2D eigenvalue weighted by atomic mass is 10.0. The van der Waals surface area contributed by atoms with Gasteiger partial charge in [-0.1, -0.05) is 53.5 Å². The number of benzene rings is 4. The van der Waals surface area contributed by atoms with Crippen molar-refractivity contribution in [3.63, 3.8) is 0 Å². The molecule has 0 aromatic heterocycles. The van der Waals surface area contributed by atoms with Crippen LogP contribution in [0.3, 0.4) is 0 Å². The quantitative estimate of drug-likeness (QED) is 0.133. The van der Waals surface area contributed by atoms with Crippen LogP contribution in [0.5, 0.6) is 11.5 Å². The molecule has 4 aromatic carbocycles. The molecule has 1 heterocycles. The third-order valence-electron chi connectivity index (χ3n) is 7.22. The second kappa shape index (κ2) is 14.3. The molecule has 4 aromatic rings. The Kier molecular flexibility index (Phi) is 10.2. The van der Waals surface area contributed by atoms with E-state index in [2.05, 4.69) is 6.58 Å². The van der Waals surface area contributed by atoms with Gasteiger partial charge in [-0.05, 0) is 109 Å². The smallest absolute Gasteiger partial charge is 0.335 e. The van der Waals surface area contributed by atoms with E-state index in [9.17, 15) is 14.7 Å². The molecule has 234 valence electrons. The standard InChI is InChI=1S/C36H30Cl2N2O5S/c1-5-6-26-15-24(16-31(44-4)33(26)45-20-23-9-11-25(12-10-23)35(42)43)17-32-34(41)40(28-14-8-22(3)30(38)19-28)36(46-32)39-27-13-7-21(2)29(37)18-27/h5,7-19H,1,6,20H2,2-4H3,(H,42,43)/b32-17+,39-36?. The topological polar surface area (TPSA) is 88.4 Å². The third kappa shape index (κ3) is 7.31. The molecule has 1 aliphatic heterocycles. The Bertz CT molecular complexity index is 1900. The zero-order valence-electron chi connectivity index (χ0n) is 25.3. The predicted octanol–water partition coefficient (Wildman–Crippen LogP) is 9.43. The zero-order valence-corrected chi connectivity index (χ0v) is 27.7. The average Bonchev–Trinajstić information content (AvgIpc) is 3.33. The van der Waals surface area contributed by atoms with Crippen molar-refractivity contribution in [2.45, 2.75) is 26.9 Å². The monoisotopic (exact) mass is 672 g/mol. The first-order valence-corrected chi connectivity index (χ1v) is 15.8. The van der Waals surface area contributed by atoms with Gasteiger partial charge in [-0.25, -0.2) is 9.79 Å². The van der Waals surface area contributed by atoms with Crippen molar-refractivity contribution in [2.24, 2.45) is 4.99 Å². The van der Waals surface area contributed by atoms with E-state index in [1.54, 1.807) is 54.5 Å². The Morgan fingerprint density at radius 3 is 2.33 bits per heavy atom. The minimum Gasteiger partial charge on any atom is -0.493 e. The Morgan fingerprint density at radius 1 is 1.00 bits per heavy atom. The number of aliphatic imine (C=N–C) groups is 1. The van der Waals surface area contributed by atoms with E-state index in [4.69, 9.17) is 37.7 Å². The number of ether oxygens (including phenoxy) is 2. The van der Waals surface area contributed by atoms with Gasteiger partial charge in [0.25, 0.3) is 5.91 Å². The minimum absolute atomic E-state index is 0.199. The van der Waals surface area contributed by atoms with Crippen molar-refractivity contribution in [1.82, 2.24) is 0 Å². The van der Waals surface area contributed by atoms with E-state index in [0.717, 1.165) is 27.8 Å². The lowest BCUT2D eigenvalue weighted by Gasteiger charge is -2.17. The summed E-state index contributed by atoms with van der Waals surface area (Å²) in [5.74, 6) is -0.230. The lowest BCUT2D eigenvalue weighted by molar-refractivity contribution is -0.113. The third-order valence-corrected chi connectivity index (χ3v) is 9.00. The number of rotatable bonds is 10. The molecule has 0 saturated carbocycles. The van der Waals surface area contributed by atoms with Gasteiger partial charge in [0, 0.05) is 15.6 Å². The summed E-state index contributed by atoms with van der Waals surface area (Å²) in [7, 11) is 1.55. The van der Waals surface area contributed by atoms with E-state index in [0.29, 0.717) is 49.4 Å². The van der Waals surface area contributed by atoms with Crippen LogP contribution in [0.1, 0.15) is 38.2 Å². The number of hydrogen-bond donors (Lipinski definition) is 1. The van der Waals surface area contributed by atoms with Crippen molar-refractivity contribution in [3.05, 3.63) is 134 Å². The number of carbonyl (C=O) groups is 2. The molecule has 5 rings (SSSR count). The number of hydrogen-bond acceptors (Lipinski definition) is 6. The van der Waals surface area contributed by atoms with Gasteiger partial charge < -0.3 is 14.6 Å². The highest BCUT2D eigenvalue weighted by Gasteiger charge is 2.35. The number of methoxy groups -OCH3 is 1. The number of aromatic carboxylic acids is 1. The Hall–Kier alpha value is -4.50. The molecular formula is C36H30Cl2N2O5S. The SMILES string of the molecule is C=CCc1cc(/C=C2/SC(=Nc3ccc(C)c(Cl)c3)N(c3ccc(C)c(Cl)c3)C2=O)cc(OC)c1OCc1ccc(C(=O)O)cc1. The number of carbonyl (C=O) groups excluding carboxylic acids is 1. The lowest BCUT2D eigenvalue weighted by Crippen LogP contribution is -2.28. The Balaban J connectivity index is 1.51. The molecule has 1 fully saturated rings. The van der Waals surface area contributed by atoms with Gasteiger partial charge in [0.1, 0.15) is 6.61 Å². The van der Waals surface area contributed by atoms with Crippen LogP contribution in [0, 0.1) is 13.8 Å². The van der Waals surface area contributed by atoms with Crippen LogP contribution in [0.2, 0.25) is 10.0 Å². The number of thioether (sulfide) groups is 1. The zero-order chi connectivity index (χ0) is 33.0. The van der Waals surface area contributed by atoms with Gasteiger partial charge in [-0.2, -0.15) is 0 Å². The number of nitrogens with zero attached hydrogens (tertiary/aromatic N) is 2. The highest BCUT2D eigenvalue weighted by atomic mass is 35.5. The number of aryl methyl sites for hydroxylation is 2. The van der Waals surface area contributed by atoms with Gasteiger partial charge >= 0.3 is 5.97 Å². The molecule has 1 aliphatic rings. The normalized spacial score (nSPS) is 14.6. The first-order chi connectivity index (χ1) is 22.1. The maximum Gasteiger partial charge on any atom is 0.335 e. The van der Waals surface area contributed by atoms with E-state index in [1.165, 1.54) is 23.9 Å². The number of amidine groups is 1. The van der Waals surface area contributed by atoms with Crippen LogP contribution in [0.4, 0.5) is 11.4 Å². The van der Waals surface area contributed by atoms with Crippen LogP contribution in [0.15, 0.2) is 95.3 Å². The summed E-state index contributed by atoms with van der Waals surface area (Å²) in [5.41, 5.74) is 5.57. The van der Waals surface area contributed by atoms with Gasteiger partial charge in [-0.15, -0.1) is 6.58 Å². The fourth-order valence-electron chi connectivity index (χ4n) is 4.70. The number of anilines is 1. The number of carboxylic acid groups (broad SMARTS) is 1. The van der Waals surface area contributed by atoms with Crippen LogP contribution in [-0.4, -0.2) is 29.3 Å². The molecule has 10 heteroatoms. The number of allylic oxidation sites excluding steroid dienone is 1. The van der Waals surface area contributed by atoms with Crippen LogP contribution < -0.4 is 14.4 Å². The second-order valence-corrected chi connectivity index (χ2v) is 12.3. The van der Waals surface area contributed by atoms with Crippen molar-refractivity contribution in [3.8, 4) is 11.5 Å². The maximum absolute atomic E-state index is 14.0. The van der Waals surface area contributed by atoms with E-state index in [-0.39, 0.29) is 18.1 Å². The first kappa shape index (κ1) is 32.9. The van der Waals surface area contributed by atoms with Gasteiger partial charge in [0.15, 0.2) is 16.7 Å². The van der Waals surface area contributed by atoms with Crippen molar-refractivity contribution < 1.29 is 24.2 Å². The van der Waals surface area contributed by atoms with Crippen molar-refractivity contribution in [1.29, 1.82) is 0 Å². The minimum atomic E-state index is -0.991. The molecule has 0 atom stereocenters. The molecule has 1 amide bonds. The Morgan fingerprint density at radius 2 is 1.70 bits per heavy atom. The summed E-state index contributed by atoms with van der Waals surface area (Å²) in [6, 6.07) is 21.2. The molecule has 1 N–H and O–H groups in total. The molecule has 0 unspecified atom stereocenters. The molecular weight excluding hydrogens is 643 g/mol. The molecule has 1 saturated heterocycles. The summed E-state index contributed by atoms with van der Waals surface area (Å²) in [5, 5.41) is 10.8. The van der Waals surface area contributed by atoms with E-state index in [1.807, 2.05) is 44.2 Å². The highest BCUT2D eigenvalue weighted by molar-refractivity contribution is 8.19. The fraction of sp³-hybridized carbons (Fsp3) is 0.139. The number of amides is 1. The fourth-order valence-corrected chi connectivity index (χ4v) is 6.05. The molecule has 0 bridgehead atoms. The van der Waals surface area contributed by atoms with Crippen molar-refractivity contribution in [2.75, 3.05) is 12.0 Å². The van der Waals surface area contributed by atoms with Crippen LogP contribution in [-0.2, 0) is 17.8 Å². The molecule has 46 heavy (non-hydrogen) atoms. The summed E-state index contributed by atoms with van der Waals surface area (Å²) in [6.45, 7) is 7.91. The van der Waals surface area contributed by atoms with Gasteiger partial charge in [-0.3, -0.25) is 9.69 Å². The molecule has 7 nitrogen and oxygen atoms in total. The highest BCUT2D eigenvalue weighted by Crippen LogP contribution is 2.41. The first-order valence-electron chi connectivity index (χ1n) is 14.2. The Labute approximate surface area is 281 Å². The average molecular weight is 674 g/mol. The second-order valence-electron chi connectivity index (χ2n) is 10.5. The van der Waals surface area contributed by atoms with Gasteiger partial charge in [0.05, 0.1) is 29.0 Å². The predicted molar refractivity (Wildman–Crippen MR) is 187 cm³/mol. The van der Waals surface area contributed by atoms with E-state index < -0.39 is 5.97 Å². The molecule has 0 spiro atoms. The van der Waals surface area contributed by atoms with E-state index >= 15 is 0 Å². The summed E-state index contributed by atoms with van der Waals surface area (Å²) in [6.07, 6.45) is 4.04. The summed E-state index contributed by atoms with van der Waals surface area (Å²) < 4.78 is 11.9. The molecule has 0 radical (unpaired) electrons. The number of halogens is 2. The van der Waals surface area contributed by atoms with Gasteiger partial charge in [0.2, 0.25) is 0 Å². The van der Waals surface area contributed by atoms with Crippen LogP contribution >= 0.6 is 35.0 Å². The maximum atomic E-state index is 14.0. The number of carboxylic acids is 1. The van der Waals surface area contributed by atoms with Crippen LogP contribution in [0.25, 0.3) is 6.08 Å². The van der Waals surface area contributed by atoms with Crippen molar-refractivity contribution >= 4 is 69.5 Å². The summed E-state index contributed by atoms with van der Waals surface area (Å²) >= 11 is 14.1. The largest absolute Gasteiger partial charge is 0.493 e. The molecule has 0 aliphatic carbocycles.